The fraction of sp³-hybridized carbons (Fsp3) is 0.391. The van der Waals surface area contributed by atoms with Crippen LogP contribution in [-0.4, -0.2) is 38.3 Å². The average Bonchev–Trinajstić information content (AvgIpc) is 3.53. The van der Waals surface area contributed by atoms with Crippen LogP contribution in [0.3, 0.4) is 0 Å². The van der Waals surface area contributed by atoms with E-state index in [2.05, 4.69) is 37.4 Å². The molecule has 13 heteroatoms. The summed E-state index contributed by atoms with van der Waals surface area (Å²) in [7, 11) is 0. The van der Waals surface area contributed by atoms with Crippen LogP contribution in [0.15, 0.2) is 33.5 Å². The van der Waals surface area contributed by atoms with Crippen molar-refractivity contribution in [1.29, 1.82) is 0 Å². The first kappa shape index (κ1) is 25.0. The zero-order chi connectivity index (χ0) is 25.8. The molecule has 1 saturated heterocycles. The summed E-state index contributed by atoms with van der Waals surface area (Å²) in [4.78, 5) is 30.5. The summed E-state index contributed by atoms with van der Waals surface area (Å²) in [5.74, 6) is 0.713. The number of anilines is 1. The van der Waals surface area contributed by atoms with Gasteiger partial charge in [0, 0.05) is 11.6 Å². The molecule has 2 unspecified atom stereocenters. The molecule has 2 atom stereocenters. The third-order valence-electron chi connectivity index (χ3n) is 6.43. The van der Waals surface area contributed by atoms with Gasteiger partial charge in [0.15, 0.2) is 5.82 Å². The van der Waals surface area contributed by atoms with E-state index in [1.807, 2.05) is 6.92 Å². The first-order valence-electron chi connectivity index (χ1n) is 11.2. The summed E-state index contributed by atoms with van der Waals surface area (Å²) in [6.45, 7) is 2.88. The van der Waals surface area contributed by atoms with E-state index < -0.39 is 23.2 Å². The molecule has 8 nitrogen and oxygen atoms in total. The van der Waals surface area contributed by atoms with Gasteiger partial charge in [-0.25, -0.2) is 0 Å². The Balaban J connectivity index is 1.48. The minimum atomic E-state index is -4.55. The lowest BCUT2D eigenvalue weighted by Crippen LogP contribution is -2.28. The van der Waals surface area contributed by atoms with E-state index in [9.17, 15) is 22.8 Å². The number of ether oxygens (including phenoxy) is 1. The van der Waals surface area contributed by atoms with Crippen molar-refractivity contribution in [2.24, 2.45) is 11.8 Å². The number of allylic oxidation sites excluding steroid dienone is 1. The Kier molecular flexibility index (Phi) is 6.46. The van der Waals surface area contributed by atoms with Gasteiger partial charge >= 0.3 is 6.18 Å². The molecule has 3 heterocycles. The van der Waals surface area contributed by atoms with Crippen LogP contribution >= 0.6 is 27.5 Å². The number of aromatic nitrogens is 4. The van der Waals surface area contributed by atoms with Gasteiger partial charge in [-0.1, -0.05) is 24.6 Å². The van der Waals surface area contributed by atoms with Crippen LogP contribution in [0.2, 0.25) is 5.02 Å². The highest BCUT2D eigenvalue weighted by atomic mass is 79.9. The fourth-order valence-electron chi connectivity index (χ4n) is 4.63. The summed E-state index contributed by atoms with van der Waals surface area (Å²) in [6.07, 6.45) is -1.32. The molecule has 0 spiro atoms. The van der Waals surface area contributed by atoms with E-state index >= 15 is 0 Å². The van der Waals surface area contributed by atoms with E-state index in [1.54, 1.807) is 4.57 Å². The van der Waals surface area contributed by atoms with Crippen molar-refractivity contribution in [1.82, 2.24) is 19.2 Å². The number of hydrogen-bond acceptors (Lipinski definition) is 5. The Bertz CT molecular complexity index is 1470. The number of rotatable bonds is 5. The number of halogens is 5. The minimum Gasteiger partial charge on any atom is -0.381 e. The summed E-state index contributed by atoms with van der Waals surface area (Å²) >= 11 is 9.31. The molecule has 1 aliphatic heterocycles. The summed E-state index contributed by atoms with van der Waals surface area (Å²) in [5, 5.41) is 6.73. The molecule has 190 valence electrons. The summed E-state index contributed by atoms with van der Waals surface area (Å²) in [5.41, 5.74) is 0.183. The Labute approximate surface area is 216 Å². The molecule has 0 bridgehead atoms. The van der Waals surface area contributed by atoms with Gasteiger partial charge in [-0.05, 0) is 58.5 Å². The van der Waals surface area contributed by atoms with Crippen molar-refractivity contribution >= 4 is 50.5 Å². The molecular formula is C23H20BrClF3N5O3. The van der Waals surface area contributed by atoms with Gasteiger partial charge in [0.1, 0.15) is 11.0 Å². The van der Waals surface area contributed by atoms with Gasteiger partial charge in [0.25, 0.3) is 5.56 Å². The van der Waals surface area contributed by atoms with Crippen LogP contribution in [0.5, 0.6) is 0 Å². The zero-order valence-electron chi connectivity index (χ0n) is 18.9. The van der Waals surface area contributed by atoms with Crippen LogP contribution in [-0.2, 0) is 28.7 Å². The standard InChI is InChI=1S/C23H20BrClF3N5O3/c1-2-17-19(24)21(35)33-22(30-20(31-33)11-5-12-9-36-10-13(12)6-11)32(17)8-18(34)29-16-4-3-14(7-15(16)25)23(26,27)28/h3-5,7,12-13H,2,6,8-10H2,1H3,(H,29,34). The fourth-order valence-corrected chi connectivity index (χ4v) is 5.52. The number of carbonyl (C=O) groups excluding carboxylic acids is 1. The molecule has 1 amide bonds. The molecule has 0 radical (unpaired) electrons. The quantitative estimate of drug-likeness (QED) is 0.473. The van der Waals surface area contributed by atoms with Crippen molar-refractivity contribution in [3.8, 4) is 0 Å². The molecule has 2 aliphatic rings. The molecule has 2 aromatic heterocycles. The SMILES string of the molecule is CCc1c(Br)c(=O)n2nc(C3=CC4COCC4C3)nc2n1CC(=O)Nc1ccc(C(F)(F)F)cc1Cl. The Hall–Kier alpha value is -2.70. The molecule has 0 saturated carbocycles. The van der Waals surface area contributed by atoms with E-state index in [0.717, 1.165) is 34.7 Å². The number of amides is 1. The lowest BCUT2D eigenvalue weighted by atomic mass is 10.00. The van der Waals surface area contributed by atoms with Crippen LogP contribution in [0.25, 0.3) is 11.4 Å². The van der Waals surface area contributed by atoms with E-state index in [-0.39, 0.29) is 27.5 Å². The van der Waals surface area contributed by atoms with Crippen LogP contribution < -0.4 is 10.9 Å². The maximum absolute atomic E-state index is 13.0. The number of hydrogen-bond donors (Lipinski definition) is 1. The van der Waals surface area contributed by atoms with Gasteiger partial charge in [0.05, 0.1) is 29.5 Å². The zero-order valence-corrected chi connectivity index (χ0v) is 21.2. The largest absolute Gasteiger partial charge is 0.416 e. The van der Waals surface area contributed by atoms with Gasteiger partial charge in [0.2, 0.25) is 11.7 Å². The van der Waals surface area contributed by atoms with E-state index in [1.165, 1.54) is 0 Å². The number of nitrogens with one attached hydrogen (secondary N) is 1. The molecule has 5 rings (SSSR count). The maximum Gasteiger partial charge on any atom is 0.416 e. The molecule has 1 N–H and O–H groups in total. The molecule has 1 aromatic carbocycles. The van der Waals surface area contributed by atoms with Crippen molar-refractivity contribution in [3.63, 3.8) is 0 Å². The highest BCUT2D eigenvalue weighted by Crippen LogP contribution is 2.39. The molecule has 1 aliphatic carbocycles. The average molecular weight is 587 g/mol. The Morgan fingerprint density at radius 2 is 2.11 bits per heavy atom. The van der Waals surface area contributed by atoms with Crippen molar-refractivity contribution in [2.75, 3.05) is 18.5 Å². The first-order chi connectivity index (χ1) is 17.1. The minimum absolute atomic E-state index is 0.0378. The van der Waals surface area contributed by atoms with Gasteiger partial charge in [-0.15, -0.1) is 5.10 Å². The van der Waals surface area contributed by atoms with Crippen molar-refractivity contribution < 1.29 is 22.7 Å². The normalized spacial score (nSPS) is 19.6. The second kappa shape index (κ2) is 9.31. The lowest BCUT2D eigenvalue weighted by Gasteiger charge is -2.15. The third-order valence-corrected chi connectivity index (χ3v) is 7.54. The highest BCUT2D eigenvalue weighted by Gasteiger charge is 2.35. The Morgan fingerprint density at radius 3 is 2.78 bits per heavy atom. The lowest BCUT2D eigenvalue weighted by molar-refractivity contribution is -0.137. The van der Waals surface area contributed by atoms with E-state index in [4.69, 9.17) is 16.3 Å². The monoisotopic (exact) mass is 585 g/mol. The highest BCUT2D eigenvalue weighted by molar-refractivity contribution is 9.10. The first-order valence-corrected chi connectivity index (χ1v) is 12.4. The molecule has 1 fully saturated rings. The van der Waals surface area contributed by atoms with Crippen LogP contribution in [0, 0.1) is 11.8 Å². The van der Waals surface area contributed by atoms with Crippen molar-refractivity contribution in [3.05, 3.63) is 61.2 Å². The number of carbonyl (C=O) groups is 1. The second-order valence-electron chi connectivity index (χ2n) is 8.75. The van der Waals surface area contributed by atoms with Gasteiger partial charge < -0.3 is 14.6 Å². The smallest absolute Gasteiger partial charge is 0.381 e. The topological polar surface area (TPSA) is 90.5 Å². The summed E-state index contributed by atoms with van der Waals surface area (Å²) in [6, 6.07) is 2.69. The molecule has 36 heavy (non-hydrogen) atoms. The van der Waals surface area contributed by atoms with Gasteiger partial charge in [-0.2, -0.15) is 22.7 Å². The number of alkyl halides is 3. The molecular weight excluding hydrogens is 567 g/mol. The summed E-state index contributed by atoms with van der Waals surface area (Å²) < 4.78 is 47.3. The number of benzene rings is 1. The van der Waals surface area contributed by atoms with E-state index in [0.29, 0.717) is 43.0 Å². The maximum atomic E-state index is 13.0. The molecule has 3 aromatic rings. The number of fused-ring (bicyclic) bond motifs is 2. The van der Waals surface area contributed by atoms with Crippen LogP contribution in [0.4, 0.5) is 18.9 Å². The van der Waals surface area contributed by atoms with Crippen LogP contribution in [0.1, 0.15) is 30.4 Å². The Morgan fingerprint density at radius 1 is 1.33 bits per heavy atom. The predicted molar refractivity (Wildman–Crippen MR) is 130 cm³/mol. The second-order valence-corrected chi connectivity index (χ2v) is 9.95. The predicted octanol–water partition coefficient (Wildman–Crippen LogP) is 4.58. The number of nitrogens with zero attached hydrogens (tertiary/aromatic N) is 4. The third kappa shape index (κ3) is 4.46. The van der Waals surface area contributed by atoms with Crippen molar-refractivity contribution in [2.45, 2.75) is 32.5 Å². The van der Waals surface area contributed by atoms with Gasteiger partial charge in [-0.3, -0.25) is 9.59 Å².